The maximum atomic E-state index is 8.52. The maximum Gasteiger partial charge on any atom is 0.119 e. The van der Waals surface area contributed by atoms with Crippen molar-refractivity contribution in [1.29, 1.82) is 5.26 Å². The molecule has 0 amide bonds. The Balaban J connectivity index is 2.73. The van der Waals surface area contributed by atoms with Crippen molar-refractivity contribution < 1.29 is 4.74 Å². The van der Waals surface area contributed by atoms with Gasteiger partial charge in [0, 0.05) is 6.08 Å². The SMILES string of the molecule is CCCOc1ccc(C(C)=CC#N)cc1. The number of benzene rings is 1. The Bertz CT molecular complexity index is 371. The molecule has 1 aromatic rings. The van der Waals surface area contributed by atoms with E-state index >= 15 is 0 Å². The van der Waals surface area contributed by atoms with Crippen LogP contribution >= 0.6 is 0 Å². The molecule has 0 atom stereocenters. The molecule has 0 bridgehead atoms. The fourth-order valence-electron chi connectivity index (χ4n) is 1.21. The Kier molecular flexibility index (Phi) is 4.43. The highest BCUT2D eigenvalue weighted by molar-refractivity contribution is 5.66. The summed E-state index contributed by atoms with van der Waals surface area (Å²) in [6.07, 6.45) is 2.55. The summed E-state index contributed by atoms with van der Waals surface area (Å²) >= 11 is 0. The summed E-state index contributed by atoms with van der Waals surface area (Å²) in [5.41, 5.74) is 2.03. The van der Waals surface area contributed by atoms with Crippen LogP contribution in [0.4, 0.5) is 0 Å². The minimum atomic E-state index is 0.742. The first kappa shape index (κ1) is 11.3. The first-order chi connectivity index (χ1) is 7.27. The van der Waals surface area contributed by atoms with Gasteiger partial charge in [-0.1, -0.05) is 19.1 Å². The van der Waals surface area contributed by atoms with E-state index in [2.05, 4.69) is 6.92 Å². The number of nitriles is 1. The molecule has 0 radical (unpaired) electrons. The number of ether oxygens (including phenoxy) is 1. The highest BCUT2D eigenvalue weighted by Crippen LogP contribution is 2.18. The minimum absolute atomic E-state index is 0.742. The van der Waals surface area contributed by atoms with Crippen molar-refractivity contribution in [2.24, 2.45) is 0 Å². The van der Waals surface area contributed by atoms with E-state index in [-0.39, 0.29) is 0 Å². The van der Waals surface area contributed by atoms with Crippen molar-refractivity contribution in [3.63, 3.8) is 0 Å². The summed E-state index contributed by atoms with van der Waals surface area (Å²) in [6.45, 7) is 4.74. The van der Waals surface area contributed by atoms with Crippen LogP contribution in [0.5, 0.6) is 5.75 Å². The molecule has 0 fully saturated rings. The molecule has 1 rings (SSSR count). The monoisotopic (exact) mass is 201 g/mol. The van der Waals surface area contributed by atoms with Gasteiger partial charge in [0.1, 0.15) is 5.75 Å². The predicted octanol–water partition coefficient (Wildman–Crippen LogP) is 3.40. The molecule has 0 heterocycles. The van der Waals surface area contributed by atoms with Gasteiger partial charge in [-0.15, -0.1) is 0 Å². The van der Waals surface area contributed by atoms with E-state index in [0.717, 1.165) is 29.9 Å². The number of nitrogens with zero attached hydrogens (tertiary/aromatic N) is 1. The summed E-state index contributed by atoms with van der Waals surface area (Å²) in [7, 11) is 0. The Morgan fingerprint density at radius 3 is 2.60 bits per heavy atom. The maximum absolute atomic E-state index is 8.52. The average Bonchev–Trinajstić information content (AvgIpc) is 2.27. The first-order valence-corrected chi connectivity index (χ1v) is 5.07. The lowest BCUT2D eigenvalue weighted by atomic mass is 10.1. The lowest BCUT2D eigenvalue weighted by molar-refractivity contribution is 0.317. The lowest BCUT2D eigenvalue weighted by Gasteiger charge is -2.05. The summed E-state index contributed by atoms with van der Waals surface area (Å²) in [5.74, 6) is 0.880. The quantitative estimate of drug-likeness (QED) is 0.699. The molecular formula is C13H15NO. The fraction of sp³-hybridized carbons (Fsp3) is 0.308. The molecule has 0 aliphatic heterocycles. The topological polar surface area (TPSA) is 33.0 Å². The molecule has 78 valence electrons. The van der Waals surface area contributed by atoms with E-state index in [1.54, 1.807) is 6.08 Å². The van der Waals surface area contributed by atoms with Crippen molar-refractivity contribution in [1.82, 2.24) is 0 Å². The molecule has 1 aromatic carbocycles. The molecule has 0 saturated heterocycles. The molecule has 2 nitrogen and oxygen atoms in total. The molecule has 0 aromatic heterocycles. The molecule has 0 spiro atoms. The fourth-order valence-corrected chi connectivity index (χ4v) is 1.21. The van der Waals surface area contributed by atoms with E-state index in [0.29, 0.717) is 0 Å². The first-order valence-electron chi connectivity index (χ1n) is 5.07. The summed E-state index contributed by atoms with van der Waals surface area (Å²) in [5, 5.41) is 8.52. The Morgan fingerprint density at radius 1 is 1.40 bits per heavy atom. The minimum Gasteiger partial charge on any atom is -0.494 e. The smallest absolute Gasteiger partial charge is 0.119 e. The van der Waals surface area contributed by atoms with E-state index in [9.17, 15) is 0 Å². The van der Waals surface area contributed by atoms with Gasteiger partial charge in [0.05, 0.1) is 12.7 Å². The van der Waals surface area contributed by atoms with E-state index in [1.165, 1.54) is 0 Å². The number of hydrogen-bond donors (Lipinski definition) is 0. The average molecular weight is 201 g/mol. The largest absolute Gasteiger partial charge is 0.494 e. The molecule has 0 aliphatic carbocycles. The van der Waals surface area contributed by atoms with E-state index in [4.69, 9.17) is 10.00 Å². The zero-order valence-corrected chi connectivity index (χ0v) is 9.16. The van der Waals surface area contributed by atoms with Crippen LogP contribution in [0.2, 0.25) is 0 Å². The van der Waals surface area contributed by atoms with Gasteiger partial charge in [-0.2, -0.15) is 5.26 Å². The van der Waals surface area contributed by atoms with Crippen molar-refractivity contribution >= 4 is 5.57 Å². The van der Waals surface area contributed by atoms with Gasteiger partial charge in [-0.25, -0.2) is 0 Å². The third-order valence-electron chi connectivity index (χ3n) is 2.06. The van der Waals surface area contributed by atoms with Crippen LogP contribution in [0.25, 0.3) is 5.57 Å². The van der Waals surface area contributed by atoms with Crippen LogP contribution in [0.3, 0.4) is 0 Å². The highest BCUT2D eigenvalue weighted by atomic mass is 16.5. The normalized spacial score (nSPS) is 10.9. The number of allylic oxidation sites excluding steroid dienone is 2. The van der Waals surface area contributed by atoms with Gasteiger partial charge in [-0.3, -0.25) is 0 Å². The van der Waals surface area contributed by atoms with Crippen LogP contribution in [-0.2, 0) is 0 Å². The molecular weight excluding hydrogens is 186 g/mol. The summed E-state index contributed by atoms with van der Waals surface area (Å²) in [4.78, 5) is 0. The molecule has 0 N–H and O–H groups in total. The molecule has 0 aliphatic rings. The standard InChI is InChI=1S/C13H15NO/c1-3-10-15-13-6-4-12(5-7-13)11(2)8-9-14/h4-8H,3,10H2,1-2H3. The highest BCUT2D eigenvalue weighted by Gasteiger charge is 1.96. The summed E-state index contributed by atoms with van der Waals surface area (Å²) in [6, 6.07) is 9.81. The molecule has 15 heavy (non-hydrogen) atoms. The van der Waals surface area contributed by atoms with Gasteiger partial charge in [-0.05, 0) is 36.6 Å². The van der Waals surface area contributed by atoms with Gasteiger partial charge in [0.25, 0.3) is 0 Å². The van der Waals surface area contributed by atoms with Crippen molar-refractivity contribution in [3.8, 4) is 11.8 Å². The van der Waals surface area contributed by atoms with Crippen LogP contribution in [0.1, 0.15) is 25.8 Å². The summed E-state index contributed by atoms with van der Waals surface area (Å²) < 4.78 is 5.47. The Labute approximate surface area is 90.8 Å². The zero-order valence-electron chi connectivity index (χ0n) is 9.16. The number of rotatable bonds is 4. The molecule has 0 saturated carbocycles. The third-order valence-corrected chi connectivity index (χ3v) is 2.06. The van der Waals surface area contributed by atoms with Crippen LogP contribution in [-0.4, -0.2) is 6.61 Å². The van der Waals surface area contributed by atoms with Crippen molar-refractivity contribution in [2.45, 2.75) is 20.3 Å². The van der Waals surface area contributed by atoms with Gasteiger partial charge >= 0.3 is 0 Å². The second-order valence-corrected chi connectivity index (χ2v) is 3.33. The van der Waals surface area contributed by atoms with E-state index in [1.807, 2.05) is 37.3 Å². The van der Waals surface area contributed by atoms with Gasteiger partial charge < -0.3 is 4.74 Å². The second-order valence-electron chi connectivity index (χ2n) is 3.33. The lowest BCUT2D eigenvalue weighted by Crippen LogP contribution is -1.94. The predicted molar refractivity (Wildman–Crippen MR) is 61.5 cm³/mol. The van der Waals surface area contributed by atoms with Crippen LogP contribution in [0, 0.1) is 11.3 Å². The third kappa shape index (κ3) is 3.47. The second kappa shape index (κ2) is 5.87. The zero-order chi connectivity index (χ0) is 11.1. The number of hydrogen-bond acceptors (Lipinski definition) is 2. The Morgan fingerprint density at radius 2 is 2.07 bits per heavy atom. The van der Waals surface area contributed by atoms with Crippen LogP contribution in [0.15, 0.2) is 30.3 Å². The Hall–Kier alpha value is -1.75. The van der Waals surface area contributed by atoms with Crippen LogP contribution < -0.4 is 4.74 Å². The van der Waals surface area contributed by atoms with E-state index < -0.39 is 0 Å². The van der Waals surface area contributed by atoms with Gasteiger partial charge in [0.15, 0.2) is 0 Å². The van der Waals surface area contributed by atoms with Gasteiger partial charge in [0.2, 0.25) is 0 Å². The van der Waals surface area contributed by atoms with Crippen molar-refractivity contribution in [3.05, 3.63) is 35.9 Å². The molecule has 0 unspecified atom stereocenters. The molecule has 2 heteroatoms. The van der Waals surface area contributed by atoms with Crippen molar-refractivity contribution in [2.75, 3.05) is 6.61 Å².